The van der Waals surface area contributed by atoms with Gasteiger partial charge in [-0.25, -0.2) is 4.98 Å². The summed E-state index contributed by atoms with van der Waals surface area (Å²) in [6.07, 6.45) is 5.57. The summed E-state index contributed by atoms with van der Waals surface area (Å²) in [6.45, 7) is 0. The molecular formula is C11H9N3. The normalized spacial score (nSPS) is 10.9. The van der Waals surface area contributed by atoms with Crippen LogP contribution in [0.15, 0.2) is 42.9 Å². The van der Waals surface area contributed by atoms with Crippen LogP contribution in [-0.2, 0) is 0 Å². The Morgan fingerprint density at radius 1 is 1.07 bits per heavy atom. The van der Waals surface area contributed by atoms with Gasteiger partial charge in [0, 0.05) is 35.1 Å². The fraction of sp³-hybridized carbons (Fsp3) is 0. The van der Waals surface area contributed by atoms with Crippen LogP contribution in [0.25, 0.3) is 22.3 Å². The lowest BCUT2D eigenvalue weighted by molar-refractivity contribution is 1.31. The minimum absolute atomic E-state index is 0.905. The monoisotopic (exact) mass is 183 g/mol. The molecule has 68 valence electrons. The molecule has 14 heavy (non-hydrogen) atoms. The standard InChI is InChI=1S/C11H9N3/c1-2-4-10-8(3-1)9(7-14-10)11-12-5-6-13-11/h1-7,14H,(H,12,13). The average Bonchev–Trinajstić information content (AvgIpc) is 2.85. The molecule has 0 aliphatic carbocycles. The number of rotatable bonds is 1. The van der Waals surface area contributed by atoms with Gasteiger partial charge in [-0.2, -0.15) is 0 Å². The van der Waals surface area contributed by atoms with Gasteiger partial charge in [0.25, 0.3) is 0 Å². The molecule has 2 aromatic heterocycles. The van der Waals surface area contributed by atoms with Crippen molar-refractivity contribution in [2.45, 2.75) is 0 Å². The molecule has 3 nitrogen and oxygen atoms in total. The zero-order valence-corrected chi connectivity index (χ0v) is 7.49. The van der Waals surface area contributed by atoms with Crippen molar-refractivity contribution in [2.75, 3.05) is 0 Å². The minimum atomic E-state index is 0.905. The Morgan fingerprint density at radius 3 is 2.86 bits per heavy atom. The van der Waals surface area contributed by atoms with Crippen molar-refractivity contribution in [3.05, 3.63) is 42.9 Å². The SMILES string of the molecule is c1ccc2c(-c3ncc[nH]3)c[nH]c2c1. The second kappa shape index (κ2) is 2.73. The highest BCUT2D eigenvalue weighted by atomic mass is 14.9. The number of benzene rings is 1. The molecule has 3 aromatic rings. The molecule has 2 heterocycles. The zero-order chi connectivity index (χ0) is 9.38. The number of aromatic nitrogens is 3. The van der Waals surface area contributed by atoms with E-state index in [0.29, 0.717) is 0 Å². The summed E-state index contributed by atoms with van der Waals surface area (Å²) in [5.41, 5.74) is 2.25. The molecule has 0 unspecified atom stereocenters. The molecule has 0 spiro atoms. The van der Waals surface area contributed by atoms with Crippen molar-refractivity contribution in [3.8, 4) is 11.4 Å². The van der Waals surface area contributed by atoms with Gasteiger partial charge in [0.2, 0.25) is 0 Å². The molecule has 0 fully saturated rings. The molecule has 3 heteroatoms. The number of para-hydroxylation sites is 1. The highest BCUT2D eigenvalue weighted by Gasteiger charge is 2.05. The first-order valence-electron chi connectivity index (χ1n) is 4.51. The number of hydrogen-bond donors (Lipinski definition) is 2. The number of fused-ring (bicyclic) bond motifs is 1. The lowest BCUT2D eigenvalue weighted by atomic mass is 10.2. The number of imidazole rings is 1. The van der Waals surface area contributed by atoms with Crippen LogP contribution in [0.5, 0.6) is 0 Å². The average molecular weight is 183 g/mol. The molecule has 0 atom stereocenters. The third-order valence-corrected chi connectivity index (χ3v) is 2.34. The van der Waals surface area contributed by atoms with Crippen LogP contribution < -0.4 is 0 Å². The zero-order valence-electron chi connectivity index (χ0n) is 7.49. The Hall–Kier alpha value is -2.03. The Balaban J connectivity index is 2.33. The minimum Gasteiger partial charge on any atom is -0.360 e. The van der Waals surface area contributed by atoms with Gasteiger partial charge < -0.3 is 9.97 Å². The maximum absolute atomic E-state index is 4.23. The van der Waals surface area contributed by atoms with Crippen molar-refractivity contribution >= 4 is 10.9 Å². The molecule has 0 saturated heterocycles. The first-order chi connectivity index (χ1) is 6.95. The van der Waals surface area contributed by atoms with Gasteiger partial charge in [0.15, 0.2) is 0 Å². The van der Waals surface area contributed by atoms with Gasteiger partial charge in [0.05, 0.1) is 0 Å². The van der Waals surface area contributed by atoms with Crippen LogP contribution >= 0.6 is 0 Å². The van der Waals surface area contributed by atoms with E-state index in [0.717, 1.165) is 16.9 Å². The lowest BCUT2D eigenvalue weighted by Gasteiger charge is -1.92. The molecule has 0 saturated carbocycles. The van der Waals surface area contributed by atoms with Gasteiger partial charge in [-0.05, 0) is 6.07 Å². The smallest absolute Gasteiger partial charge is 0.139 e. The van der Waals surface area contributed by atoms with Gasteiger partial charge >= 0.3 is 0 Å². The molecule has 2 N–H and O–H groups in total. The van der Waals surface area contributed by atoms with Crippen molar-refractivity contribution in [1.82, 2.24) is 15.0 Å². The highest BCUT2D eigenvalue weighted by Crippen LogP contribution is 2.25. The van der Waals surface area contributed by atoms with E-state index in [1.54, 1.807) is 6.20 Å². The van der Waals surface area contributed by atoms with E-state index in [1.807, 2.05) is 24.5 Å². The van der Waals surface area contributed by atoms with Crippen molar-refractivity contribution < 1.29 is 0 Å². The first kappa shape index (κ1) is 7.38. The summed E-state index contributed by atoms with van der Waals surface area (Å²) in [5, 5.41) is 1.20. The Bertz CT molecular complexity index is 549. The highest BCUT2D eigenvalue weighted by molar-refractivity contribution is 5.93. The Labute approximate surface area is 80.8 Å². The maximum atomic E-state index is 4.23. The predicted octanol–water partition coefficient (Wildman–Crippen LogP) is 2.56. The van der Waals surface area contributed by atoms with E-state index >= 15 is 0 Å². The predicted molar refractivity (Wildman–Crippen MR) is 55.9 cm³/mol. The van der Waals surface area contributed by atoms with Crippen LogP contribution in [0.4, 0.5) is 0 Å². The Morgan fingerprint density at radius 2 is 2.00 bits per heavy atom. The summed E-state index contributed by atoms with van der Waals surface area (Å²) >= 11 is 0. The second-order valence-electron chi connectivity index (χ2n) is 3.19. The fourth-order valence-corrected chi connectivity index (χ4v) is 1.68. The van der Waals surface area contributed by atoms with Crippen LogP contribution in [-0.4, -0.2) is 15.0 Å². The summed E-state index contributed by atoms with van der Waals surface area (Å²) in [5.74, 6) is 0.905. The summed E-state index contributed by atoms with van der Waals surface area (Å²) in [7, 11) is 0. The number of H-pyrrole nitrogens is 2. The van der Waals surface area contributed by atoms with E-state index in [9.17, 15) is 0 Å². The van der Waals surface area contributed by atoms with E-state index in [-0.39, 0.29) is 0 Å². The topological polar surface area (TPSA) is 44.5 Å². The lowest BCUT2D eigenvalue weighted by Crippen LogP contribution is -1.76. The number of hydrogen-bond acceptors (Lipinski definition) is 1. The van der Waals surface area contributed by atoms with E-state index in [1.165, 1.54) is 5.39 Å². The summed E-state index contributed by atoms with van der Waals surface area (Å²) in [4.78, 5) is 10.6. The first-order valence-corrected chi connectivity index (χ1v) is 4.51. The molecule has 0 radical (unpaired) electrons. The maximum Gasteiger partial charge on any atom is 0.139 e. The molecule has 0 bridgehead atoms. The molecule has 1 aromatic carbocycles. The van der Waals surface area contributed by atoms with Crippen molar-refractivity contribution in [1.29, 1.82) is 0 Å². The Kier molecular flexibility index (Phi) is 1.44. The molecule has 0 aliphatic heterocycles. The largest absolute Gasteiger partial charge is 0.360 e. The molecule has 3 rings (SSSR count). The van der Waals surface area contributed by atoms with Gasteiger partial charge in [-0.1, -0.05) is 18.2 Å². The number of aromatic amines is 2. The number of nitrogens with one attached hydrogen (secondary N) is 2. The molecule has 0 aliphatic rings. The third kappa shape index (κ3) is 0.956. The van der Waals surface area contributed by atoms with E-state index in [4.69, 9.17) is 0 Å². The summed E-state index contributed by atoms with van der Waals surface area (Å²) < 4.78 is 0. The van der Waals surface area contributed by atoms with Crippen molar-refractivity contribution in [3.63, 3.8) is 0 Å². The molecular weight excluding hydrogens is 174 g/mol. The molecule has 0 amide bonds. The van der Waals surface area contributed by atoms with Crippen LogP contribution in [0.1, 0.15) is 0 Å². The fourth-order valence-electron chi connectivity index (χ4n) is 1.68. The van der Waals surface area contributed by atoms with E-state index < -0.39 is 0 Å². The van der Waals surface area contributed by atoms with Crippen LogP contribution in [0.3, 0.4) is 0 Å². The number of nitrogens with zero attached hydrogens (tertiary/aromatic N) is 1. The second-order valence-corrected chi connectivity index (χ2v) is 3.19. The summed E-state index contributed by atoms with van der Waals surface area (Å²) in [6, 6.07) is 8.19. The van der Waals surface area contributed by atoms with Gasteiger partial charge in [-0.15, -0.1) is 0 Å². The van der Waals surface area contributed by atoms with Gasteiger partial charge in [-0.3, -0.25) is 0 Å². The van der Waals surface area contributed by atoms with Crippen LogP contribution in [0.2, 0.25) is 0 Å². The van der Waals surface area contributed by atoms with Crippen LogP contribution in [0, 0.1) is 0 Å². The van der Waals surface area contributed by atoms with Crippen molar-refractivity contribution in [2.24, 2.45) is 0 Å². The van der Waals surface area contributed by atoms with Gasteiger partial charge in [0.1, 0.15) is 5.82 Å². The van der Waals surface area contributed by atoms with E-state index in [2.05, 4.69) is 27.1 Å². The quantitative estimate of drug-likeness (QED) is 0.598. The third-order valence-electron chi connectivity index (χ3n) is 2.34.